The molecule has 0 aliphatic heterocycles. The van der Waals surface area contributed by atoms with Crippen LogP contribution in [0.4, 0.5) is 0 Å². The highest BCUT2D eigenvalue weighted by Gasteiger charge is 2.21. The molecule has 0 bridgehead atoms. The molecule has 0 saturated carbocycles. The summed E-state index contributed by atoms with van der Waals surface area (Å²) >= 11 is 0. The van der Waals surface area contributed by atoms with Crippen LogP contribution in [0.15, 0.2) is 30.5 Å². The summed E-state index contributed by atoms with van der Waals surface area (Å²) in [6.07, 6.45) is 2.35. The third kappa shape index (κ3) is 2.86. The number of hydrogen-bond acceptors (Lipinski definition) is 2. The first-order valence-corrected chi connectivity index (χ1v) is 6.14. The molecule has 4 heteroatoms. The third-order valence-electron chi connectivity index (χ3n) is 3.56. The minimum absolute atomic E-state index is 0. The molecule has 0 spiro atoms. The quantitative estimate of drug-likeness (QED) is 0.798. The smallest absolute Gasteiger partial charge is 0.0758 e. The molecule has 1 aromatic carbocycles. The minimum atomic E-state index is -0.489. The predicted octanol–water partition coefficient (Wildman–Crippen LogP) is 3.00. The van der Waals surface area contributed by atoms with Gasteiger partial charge in [-0.05, 0) is 35.1 Å². The number of nitrogens with one attached hydrogen (secondary N) is 1. The van der Waals surface area contributed by atoms with Gasteiger partial charge in [-0.25, -0.2) is 0 Å². The lowest BCUT2D eigenvalue weighted by Gasteiger charge is -2.24. The topological polar surface area (TPSA) is 62.0 Å². The molecule has 3 atom stereocenters. The molecular formula is C14H21ClN2O. The fourth-order valence-corrected chi connectivity index (χ4v) is 2.07. The summed E-state index contributed by atoms with van der Waals surface area (Å²) in [6, 6.07) is 7.73. The zero-order valence-corrected chi connectivity index (χ0v) is 11.6. The van der Waals surface area contributed by atoms with Gasteiger partial charge in [0.15, 0.2) is 0 Å². The Hall–Kier alpha value is -1.03. The average Bonchev–Trinajstić information content (AvgIpc) is 2.83. The first kappa shape index (κ1) is 15.0. The number of hydrogen-bond donors (Lipinski definition) is 3. The van der Waals surface area contributed by atoms with Crippen molar-refractivity contribution in [1.82, 2.24) is 4.98 Å². The van der Waals surface area contributed by atoms with E-state index in [0.717, 1.165) is 22.9 Å². The van der Waals surface area contributed by atoms with Gasteiger partial charge in [-0.3, -0.25) is 0 Å². The molecule has 2 aromatic rings. The Morgan fingerprint density at radius 1 is 1.33 bits per heavy atom. The first-order valence-electron chi connectivity index (χ1n) is 6.14. The second-order valence-corrected chi connectivity index (χ2v) is 4.73. The van der Waals surface area contributed by atoms with Gasteiger partial charge in [-0.15, -0.1) is 12.4 Å². The van der Waals surface area contributed by atoms with E-state index in [2.05, 4.69) is 11.9 Å². The lowest BCUT2D eigenvalue weighted by atomic mass is 9.91. The fourth-order valence-electron chi connectivity index (χ4n) is 2.07. The molecule has 4 N–H and O–H groups in total. The van der Waals surface area contributed by atoms with Crippen molar-refractivity contribution >= 4 is 23.3 Å². The van der Waals surface area contributed by atoms with Crippen LogP contribution in [0.2, 0.25) is 0 Å². The summed E-state index contributed by atoms with van der Waals surface area (Å²) in [7, 11) is 0. The molecule has 18 heavy (non-hydrogen) atoms. The highest BCUT2D eigenvalue weighted by molar-refractivity contribution is 5.85. The van der Waals surface area contributed by atoms with Crippen molar-refractivity contribution in [2.45, 2.75) is 32.4 Å². The minimum Gasteiger partial charge on any atom is -0.391 e. The Morgan fingerprint density at radius 3 is 2.72 bits per heavy atom. The normalized spacial score (nSPS) is 16.0. The molecule has 2 rings (SSSR count). The lowest BCUT2D eigenvalue weighted by Crippen LogP contribution is -2.31. The molecule has 100 valence electrons. The first-order chi connectivity index (χ1) is 8.13. The molecule has 1 aromatic heterocycles. The number of aromatic amines is 1. The Labute approximate surface area is 114 Å². The summed E-state index contributed by atoms with van der Waals surface area (Å²) in [6.45, 7) is 4.09. The lowest BCUT2D eigenvalue weighted by molar-refractivity contribution is 0.0880. The Balaban J connectivity index is 0.00000162. The van der Waals surface area contributed by atoms with Crippen molar-refractivity contribution in [2.75, 3.05) is 0 Å². The van der Waals surface area contributed by atoms with E-state index in [1.54, 1.807) is 0 Å². The van der Waals surface area contributed by atoms with Gasteiger partial charge in [0.05, 0.1) is 12.1 Å². The zero-order valence-electron chi connectivity index (χ0n) is 10.8. The molecule has 1 unspecified atom stereocenters. The van der Waals surface area contributed by atoms with Crippen LogP contribution in [0.1, 0.15) is 31.9 Å². The van der Waals surface area contributed by atoms with Crippen molar-refractivity contribution in [3.8, 4) is 0 Å². The number of aromatic nitrogens is 1. The number of benzene rings is 1. The van der Waals surface area contributed by atoms with Crippen molar-refractivity contribution in [2.24, 2.45) is 11.7 Å². The Morgan fingerprint density at radius 2 is 2.06 bits per heavy atom. The summed E-state index contributed by atoms with van der Waals surface area (Å²) in [5.74, 6) is 0.215. The van der Waals surface area contributed by atoms with Crippen LogP contribution >= 0.6 is 12.4 Å². The molecule has 1 heterocycles. The average molecular weight is 269 g/mol. The van der Waals surface area contributed by atoms with Gasteiger partial charge < -0.3 is 15.8 Å². The number of H-pyrrole nitrogens is 1. The molecular weight excluding hydrogens is 248 g/mol. The molecule has 0 aliphatic carbocycles. The van der Waals surface area contributed by atoms with Gasteiger partial charge in [0.25, 0.3) is 0 Å². The summed E-state index contributed by atoms with van der Waals surface area (Å²) < 4.78 is 0. The SMILES string of the molecule is CCC(C)[C@@H](O)[C@@H](N)c1ccc2[nH]ccc2c1.Cl. The molecule has 0 fully saturated rings. The molecule has 3 nitrogen and oxygen atoms in total. The van der Waals surface area contributed by atoms with E-state index in [1.165, 1.54) is 0 Å². The Kier molecular flexibility index (Phi) is 5.20. The van der Waals surface area contributed by atoms with Crippen molar-refractivity contribution in [1.29, 1.82) is 0 Å². The summed E-state index contributed by atoms with van der Waals surface area (Å²) in [4.78, 5) is 3.15. The van der Waals surface area contributed by atoms with E-state index in [-0.39, 0.29) is 24.4 Å². The third-order valence-corrected chi connectivity index (χ3v) is 3.56. The van der Waals surface area contributed by atoms with Gasteiger partial charge in [-0.1, -0.05) is 26.3 Å². The molecule has 0 radical (unpaired) electrons. The van der Waals surface area contributed by atoms with Crippen LogP contribution < -0.4 is 5.73 Å². The largest absolute Gasteiger partial charge is 0.391 e. The van der Waals surface area contributed by atoms with E-state index in [9.17, 15) is 5.11 Å². The maximum atomic E-state index is 10.1. The van der Waals surface area contributed by atoms with Gasteiger partial charge in [0, 0.05) is 11.7 Å². The van der Waals surface area contributed by atoms with Gasteiger partial charge in [0.1, 0.15) is 0 Å². The van der Waals surface area contributed by atoms with E-state index >= 15 is 0 Å². The van der Waals surface area contributed by atoms with E-state index in [0.29, 0.717) is 0 Å². The van der Waals surface area contributed by atoms with Gasteiger partial charge in [-0.2, -0.15) is 0 Å². The van der Waals surface area contributed by atoms with Gasteiger partial charge in [0.2, 0.25) is 0 Å². The second-order valence-electron chi connectivity index (χ2n) is 4.73. The molecule has 0 aliphatic rings. The van der Waals surface area contributed by atoms with Crippen LogP contribution in [0.5, 0.6) is 0 Å². The van der Waals surface area contributed by atoms with Crippen LogP contribution in [0.25, 0.3) is 10.9 Å². The summed E-state index contributed by atoms with van der Waals surface area (Å²) in [5.41, 5.74) is 8.20. The molecule has 0 amide bonds. The number of nitrogens with two attached hydrogens (primary N) is 1. The van der Waals surface area contributed by atoms with Crippen molar-refractivity contribution < 1.29 is 5.11 Å². The number of fused-ring (bicyclic) bond motifs is 1. The van der Waals surface area contributed by atoms with Crippen LogP contribution in [-0.4, -0.2) is 16.2 Å². The maximum Gasteiger partial charge on any atom is 0.0758 e. The fraction of sp³-hybridized carbons (Fsp3) is 0.429. The monoisotopic (exact) mass is 268 g/mol. The summed E-state index contributed by atoms with van der Waals surface area (Å²) in [5, 5.41) is 11.3. The van der Waals surface area contributed by atoms with Crippen LogP contribution in [0.3, 0.4) is 0 Å². The molecule has 0 saturated heterocycles. The van der Waals surface area contributed by atoms with Crippen molar-refractivity contribution in [3.05, 3.63) is 36.0 Å². The second kappa shape index (κ2) is 6.23. The Bertz CT molecular complexity index is 497. The highest BCUT2D eigenvalue weighted by atomic mass is 35.5. The zero-order chi connectivity index (χ0) is 12.4. The van der Waals surface area contributed by atoms with Crippen LogP contribution in [-0.2, 0) is 0 Å². The highest BCUT2D eigenvalue weighted by Crippen LogP contribution is 2.24. The van der Waals surface area contributed by atoms with Crippen molar-refractivity contribution in [3.63, 3.8) is 0 Å². The maximum absolute atomic E-state index is 10.1. The van der Waals surface area contributed by atoms with E-state index in [1.807, 2.05) is 37.4 Å². The number of aliphatic hydroxyl groups excluding tert-OH is 1. The standard InChI is InChI=1S/C14H20N2O.ClH/c1-3-9(2)14(17)13(15)11-4-5-12-10(8-11)6-7-16-12;/h4-9,13-14,16-17H,3,15H2,1-2H3;1H/t9?,13-,14+;/m0./s1. The number of halogens is 1. The number of aliphatic hydroxyl groups is 1. The van der Waals surface area contributed by atoms with E-state index < -0.39 is 6.10 Å². The predicted molar refractivity (Wildman–Crippen MR) is 77.9 cm³/mol. The van der Waals surface area contributed by atoms with E-state index in [4.69, 9.17) is 5.73 Å². The number of rotatable bonds is 4. The van der Waals surface area contributed by atoms with Gasteiger partial charge >= 0.3 is 0 Å². The van der Waals surface area contributed by atoms with Crippen LogP contribution in [0, 0.1) is 5.92 Å².